The van der Waals surface area contributed by atoms with E-state index < -0.39 is 5.60 Å². The number of rotatable bonds is 8. The van der Waals surface area contributed by atoms with Gasteiger partial charge in [0.15, 0.2) is 0 Å². The summed E-state index contributed by atoms with van der Waals surface area (Å²) in [6.07, 6.45) is 5.10. The van der Waals surface area contributed by atoms with Crippen molar-refractivity contribution in [2.75, 3.05) is 13.7 Å². The monoisotopic (exact) mass is 384 g/mol. The van der Waals surface area contributed by atoms with Crippen LogP contribution in [0.3, 0.4) is 0 Å². The van der Waals surface area contributed by atoms with Gasteiger partial charge in [-0.1, -0.05) is 86.7 Å². The molecule has 0 aliphatic rings. The molecule has 2 N–H and O–H groups in total. The number of carbonyl (C=O) groups is 1. The summed E-state index contributed by atoms with van der Waals surface area (Å²) in [7, 11) is 1.00. The molecule has 4 heteroatoms. The molecule has 0 saturated heterocycles. The van der Waals surface area contributed by atoms with E-state index in [0.29, 0.717) is 24.0 Å². The Kier molecular flexibility index (Phi) is 9.63. The molecule has 2 aromatic carbocycles. The Balaban J connectivity index is 0.00000190. The Morgan fingerprint density at radius 1 is 0.964 bits per heavy atom. The van der Waals surface area contributed by atoms with Crippen molar-refractivity contribution < 1.29 is 19.7 Å². The number of carbonyl (C=O) groups excluding carboxylic acids is 1. The summed E-state index contributed by atoms with van der Waals surface area (Å²) in [6.45, 7) is 6.04. The summed E-state index contributed by atoms with van der Waals surface area (Å²) < 4.78 is 5.48. The molecule has 0 atom stereocenters. The molecule has 0 amide bonds. The molecule has 2 aromatic rings. The van der Waals surface area contributed by atoms with Crippen molar-refractivity contribution in [3.63, 3.8) is 0 Å². The van der Waals surface area contributed by atoms with E-state index in [1.54, 1.807) is 0 Å². The van der Waals surface area contributed by atoms with Crippen LogP contribution < -0.4 is 0 Å². The minimum atomic E-state index is -1.36. The predicted molar refractivity (Wildman–Crippen MR) is 113 cm³/mol. The first-order chi connectivity index (χ1) is 13.4. The Morgan fingerprint density at radius 2 is 1.43 bits per heavy atom. The van der Waals surface area contributed by atoms with E-state index in [0.717, 1.165) is 7.11 Å². The highest BCUT2D eigenvalue weighted by atomic mass is 16.5. The average Bonchev–Trinajstić information content (AvgIpc) is 2.73. The molecule has 0 aromatic heterocycles. The Morgan fingerprint density at radius 3 is 1.86 bits per heavy atom. The molecular weight excluding hydrogens is 352 g/mol. The molecule has 0 fully saturated rings. The molecule has 2 rings (SSSR count). The highest BCUT2D eigenvalue weighted by Gasteiger charge is 2.33. The van der Waals surface area contributed by atoms with Crippen molar-refractivity contribution in [3.05, 3.63) is 83.9 Å². The van der Waals surface area contributed by atoms with Crippen molar-refractivity contribution >= 4 is 5.97 Å². The fraction of sp³-hybridized carbons (Fsp3) is 0.375. The molecule has 0 radical (unpaired) electrons. The molecule has 0 aliphatic carbocycles. The highest BCUT2D eigenvalue weighted by Crippen LogP contribution is 2.30. The fourth-order valence-electron chi connectivity index (χ4n) is 2.98. The largest absolute Gasteiger partial charge is 0.462 e. The number of benzene rings is 2. The first kappa shape index (κ1) is 23.6. The summed E-state index contributed by atoms with van der Waals surface area (Å²) in [5, 5.41) is 18.3. The lowest BCUT2D eigenvalue weighted by atomic mass is 9.86. The molecule has 28 heavy (non-hydrogen) atoms. The first-order valence-electron chi connectivity index (χ1n) is 9.45. The van der Waals surface area contributed by atoms with Gasteiger partial charge in [0.1, 0.15) is 12.2 Å². The van der Waals surface area contributed by atoms with E-state index in [1.165, 1.54) is 0 Å². The molecule has 0 saturated carbocycles. The van der Waals surface area contributed by atoms with Gasteiger partial charge >= 0.3 is 5.97 Å². The maximum atomic E-state index is 12.2. The standard InChI is InChI=1S/C23H28O3.CH4O/c1-4-16-22(2,3)17-15-21(24)26-18-23(25,19-11-7-5-8-12-19)20-13-9-6-10-14-20;1-2/h4-14,16,25H,15,17-18H2,1-3H3;2H,1H3/b16-4+;. The van der Waals surface area contributed by atoms with Gasteiger partial charge in [0, 0.05) is 13.5 Å². The second-order valence-electron chi connectivity index (χ2n) is 7.24. The normalized spacial score (nSPS) is 11.6. The smallest absolute Gasteiger partial charge is 0.305 e. The summed E-state index contributed by atoms with van der Waals surface area (Å²) in [6, 6.07) is 18.6. The van der Waals surface area contributed by atoms with Crippen LogP contribution in [0, 0.1) is 5.41 Å². The van der Waals surface area contributed by atoms with Gasteiger partial charge in [0.05, 0.1) is 0 Å². The lowest BCUT2D eigenvalue weighted by Gasteiger charge is -2.29. The van der Waals surface area contributed by atoms with Crippen LogP contribution >= 0.6 is 0 Å². The Bertz CT molecular complexity index is 681. The quantitative estimate of drug-likeness (QED) is 0.521. The van der Waals surface area contributed by atoms with Crippen molar-refractivity contribution in [3.8, 4) is 0 Å². The zero-order chi connectivity index (χ0) is 21.0. The van der Waals surface area contributed by atoms with Crippen LogP contribution in [0.1, 0.15) is 44.7 Å². The van der Waals surface area contributed by atoms with Gasteiger partial charge in [-0.05, 0) is 29.9 Å². The molecule has 4 nitrogen and oxygen atoms in total. The predicted octanol–water partition coefficient (Wildman–Crippen LogP) is 4.46. The number of esters is 1. The van der Waals surface area contributed by atoms with Crippen molar-refractivity contribution in [2.24, 2.45) is 5.41 Å². The Labute approximate surface area is 168 Å². The van der Waals surface area contributed by atoms with Crippen LogP contribution in [-0.4, -0.2) is 29.9 Å². The van der Waals surface area contributed by atoms with Crippen LogP contribution in [-0.2, 0) is 15.1 Å². The number of aliphatic hydroxyl groups excluding tert-OH is 1. The van der Waals surface area contributed by atoms with Gasteiger partial charge in [-0.25, -0.2) is 0 Å². The number of aliphatic hydroxyl groups is 2. The van der Waals surface area contributed by atoms with E-state index in [9.17, 15) is 9.90 Å². The highest BCUT2D eigenvalue weighted by molar-refractivity contribution is 5.69. The molecule has 0 aliphatic heterocycles. The van der Waals surface area contributed by atoms with Gasteiger partial charge in [-0.2, -0.15) is 0 Å². The molecule has 0 bridgehead atoms. The number of hydrogen-bond acceptors (Lipinski definition) is 4. The van der Waals surface area contributed by atoms with Crippen molar-refractivity contribution in [1.29, 1.82) is 0 Å². The topological polar surface area (TPSA) is 66.8 Å². The van der Waals surface area contributed by atoms with Gasteiger partial charge in [-0.15, -0.1) is 0 Å². The third-order valence-electron chi connectivity index (χ3n) is 4.54. The van der Waals surface area contributed by atoms with Gasteiger partial charge < -0.3 is 14.9 Å². The Hall–Kier alpha value is -2.43. The number of hydrogen-bond donors (Lipinski definition) is 2. The average molecular weight is 385 g/mol. The van der Waals surface area contributed by atoms with E-state index in [1.807, 2.05) is 73.7 Å². The van der Waals surface area contributed by atoms with Crippen molar-refractivity contribution in [2.45, 2.75) is 39.2 Å². The lowest BCUT2D eigenvalue weighted by molar-refractivity contribution is -0.150. The summed E-state index contributed by atoms with van der Waals surface area (Å²) in [4.78, 5) is 12.2. The maximum Gasteiger partial charge on any atom is 0.305 e. The second kappa shape index (κ2) is 11.4. The van der Waals surface area contributed by atoms with Crippen LogP contribution in [0.15, 0.2) is 72.8 Å². The maximum absolute atomic E-state index is 12.2. The molecular formula is C24H32O4. The molecule has 0 spiro atoms. The minimum Gasteiger partial charge on any atom is -0.462 e. The van der Waals surface area contributed by atoms with Crippen LogP contribution in [0.5, 0.6) is 0 Å². The van der Waals surface area contributed by atoms with E-state index in [2.05, 4.69) is 19.9 Å². The summed E-state index contributed by atoms with van der Waals surface area (Å²) in [5.74, 6) is -0.298. The third-order valence-corrected chi connectivity index (χ3v) is 4.54. The van der Waals surface area contributed by atoms with Gasteiger partial charge in [-0.3, -0.25) is 4.79 Å². The number of ether oxygens (including phenoxy) is 1. The second-order valence-corrected chi connectivity index (χ2v) is 7.24. The molecule has 0 unspecified atom stereocenters. The van der Waals surface area contributed by atoms with E-state index >= 15 is 0 Å². The van der Waals surface area contributed by atoms with E-state index in [-0.39, 0.29) is 18.0 Å². The van der Waals surface area contributed by atoms with E-state index in [4.69, 9.17) is 9.84 Å². The van der Waals surface area contributed by atoms with Crippen LogP contribution in [0.2, 0.25) is 0 Å². The van der Waals surface area contributed by atoms with Crippen LogP contribution in [0.25, 0.3) is 0 Å². The first-order valence-corrected chi connectivity index (χ1v) is 9.45. The third kappa shape index (κ3) is 6.95. The van der Waals surface area contributed by atoms with Crippen LogP contribution in [0.4, 0.5) is 0 Å². The minimum absolute atomic E-state index is 0.0526. The SMILES string of the molecule is C/C=C/C(C)(C)CCC(=O)OCC(O)(c1ccccc1)c1ccccc1.CO. The summed E-state index contributed by atoms with van der Waals surface area (Å²) in [5.41, 5.74) is -0.0126. The lowest BCUT2D eigenvalue weighted by Crippen LogP contribution is -2.34. The molecule has 0 heterocycles. The molecule has 152 valence electrons. The van der Waals surface area contributed by atoms with Gasteiger partial charge in [0.2, 0.25) is 0 Å². The fourth-order valence-corrected chi connectivity index (χ4v) is 2.98. The van der Waals surface area contributed by atoms with Gasteiger partial charge in [0.25, 0.3) is 0 Å². The zero-order valence-corrected chi connectivity index (χ0v) is 17.3. The van der Waals surface area contributed by atoms with Crippen molar-refractivity contribution in [1.82, 2.24) is 0 Å². The summed E-state index contributed by atoms with van der Waals surface area (Å²) >= 11 is 0. The number of allylic oxidation sites excluding steroid dienone is 2. The zero-order valence-electron chi connectivity index (χ0n) is 17.3.